The molecule has 21 heavy (non-hydrogen) atoms. The minimum absolute atomic E-state index is 0.1000. The maximum absolute atomic E-state index is 12.0. The zero-order chi connectivity index (χ0) is 15.4. The first-order chi connectivity index (χ1) is 10.1. The zero-order valence-corrected chi connectivity index (χ0v) is 12.1. The number of aromatic amines is 1. The van der Waals surface area contributed by atoms with Crippen LogP contribution in [0.15, 0.2) is 12.7 Å². The van der Waals surface area contributed by atoms with Gasteiger partial charge in [0.2, 0.25) is 0 Å². The van der Waals surface area contributed by atoms with Crippen molar-refractivity contribution in [3.05, 3.63) is 29.6 Å². The van der Waals surface area contributed by atoms with Crippen LogP contribution >= 0.6 is 0 Å². The van der Waals surface area contributed by atoms with Crippen LogP contribution in [0.1, 0.15) is 23.4 Å². The summed E-state index contributed by atoms with van der Waals surface area (Å²) in [4.78, 5) is 13.5. The molecule has 1 aliphatic rings. The van der Waals surface area contributed by atoms with E-state index in [2.05, 4.69) is 16.8 Å². The van der Waals surface area contributed by atoms with Crippen LogP contribution in [-0.4, -0.2) is 56.7 Å². The summed E-state index contributed by atoms with van der Waals surface area (Å²) in [5.41, 5.74) is 2.35. The van der Waals surface area contributed by atoms with E-state index in [9.17, 15) is 9.90 Å². The number of nitrogens with zero attached hydrogens (tertiary/aromatic N) is 2. The lowest BCUT2D eigenvalue weighted by Gasteiger charge is -2.23. The summed E-state index contributed by atoms with van der Waals surface area (Å²) >= 11 is 0. The smallest absolute Gasteiger partial charge is 0.410 e. The lowest BCUT2D eigenvalue weighted by atomic mass is 10.0. The largest absolute Gasteiger partial charge is 0.445 e. The number of rotatable bonds is 5. The predicted molar refractivity (Wildman–Crippen MR) is 75.6 cm³/mol. The normalized spacial score (nSPS) is 21.6. The molecule has 0 bridgehead atoms. The number of hydrogen-bond acceptors (Lipinski definition) is 5. The summed E-state index contributed by atoms with van der Waals surface area (Å²) in [6, 6.07) is -0.161. The van der Waals surface area contributed by atoms with E-state index >= 15 is 0 Å². The summed E-state index contributed by atoms with van der Waals surface area (Å²) in [6.07, 6.45) is 1.51. The highest BCUT2D eigenvalue weighted by Crippen LogP contribution is 2.23. The summed E-state index contributed by atoms with van der Waals surface area (Å²) in [7, 11) is 0. The predicted octanol–water partition coefficient (Wildman–Crippen LogP) is 0.511. The second-order valence-corrected chi connectivity index (χ2v) is 5.20. The Balaban J connectivity index is 2.07. The number of hydrogen-bond donors (Lipinski definition) is 3. The Morgan fingerprint density at radius 2 is 2.43 bits per heavy atom. The maximum atomic E-state index is 12.0. The topological polar surface area (TPSA) is 98.7 Å². The van der Waals surface area contributed by atoms with E-state index in [0.717, 1.165) is 11.3 Å². The quantitative estimate of drug-likeness (QED) is 0.688. The SMILES string of the molecule is C=CCOC(=O)N1C[C@H](O)C[C@H]1Cc1n[nH]c(CO)c1C. The van der Waals surface area contributed by atoms with Gasteiger partial charge in [-0.05, 0) is 18.9 Å². The number of aliphatic hydroxyl groups is 2. The van der Waals surface area contributed by atoms with Gasteiger partial charge in [-0.25, -0.2) is 4.79 Å². The van der Waals surface area contributed by atoms with E-state index in [0.29, 0.717) is 18.5 Å². The molecule has 116 valence electrons. The van der Waals surface area contributed by atoms with Crippen LogP contribution < -0.4 is 0 Å². The molecule has 0 unspecified atom stereocenters. The summed E-state index contributed by atoms with van der Waals surface area (Å²) in [6.45, 7) is 5.68. The molecule has 0 aromatic carbocycles. The molecule has 3 N–H and O–H groups in total. The van der Waals surface area contributed by atoms with E-state index in [4.69, 9.17) is 9.84 Å². The van der Waals surface area contributed by atoms with Crippen molar-refractivity contribution in [1.29, 1.82) is 0 Å². The number of β-amino-alcohol motifs (C(OH)–C–C–N with tert-alkyl or cyclic N) is 1. The second-order valence-electron chi connectivity index (χ2n) is 5.20. The van der Waals surface area contributed by atoms with Crippen molar-refractivity contribution < 1.29 is 19.7 Å². The minimum Gasteiger partial charge on any atom is -0.445 e. The van der Waals surface area contributed by atoms with Crippen LogP contribution in [0.3, 0.4) is 0 Å². The fraction of sp³-hybridized carbons (Fsp3) is 0.571. The Bertz CT molecular complexity index is 514. The molecule has 0 radical (unpaired) electrons. The molecule has 1 fully saturated rings. The molecule has 2 heterocycles. The first-order valence-electron chi connectivity index (χ1n) is 6.92. The van der Waals surface area contributed by atoms with Crippen LogP contribution in [0.25, 0.3) is 0 Å². The van der Waals surface area contributed by atoms with Crippen molar-refractivity contribution in [3.63, 3.8) is 0 Å². The first-order valence-corrected chi connectivity index (χ1v) is 6.92. The number of likely N-dealkylation sites (tertiary alicyclic amines) is 1. The fourth-order valence-electron chi connectivity index (χ4n) is 2.57. The Labute approximate surface area is 123 Å². The van der Waals surface area contributed by atoms with Gasteiger partial charge < -0.3 is 19.8 Å². The van der Waals surface area contributed by atoms with Gasteiger partial charge in [0, 0.05) is 12.5 Å². The van der Waals surface area contributed by atoms with Crippen molar-refractivity contribution in [2.75, 3.05) is 13.2 Å². The Morgan fingerprint density at radius 1 is 1.67 bits per heavy atom. The van der Waals surface area contributed by atoms with Gasteiger partial charge in [0.05, 0.1) is 30.6 Å². The highest BCUT2D eigenvalue weighted by atomic mass is 16.6. The van der Waals surface area contributed by atoms with E-state index in [1.54, 1.807) is 0 Å². The number of nitrogens with one attached hydrogen (secondary N) is 1. The molecule has 7 nitrogen and oxygen atoms in total. The van der Waals surface area contributed by atoms with Crippen molar-refractivity contribution in [3.8, 4) is 0 Å². The van der Waals surface area contributed by atoms with Gasteiger partial charge in [0.15, 0.2) is 0 Å². The number of carbonyl (C=O) groups excluding carboxylic acids is 1. The molecule has 0 saturated carbocycles. The number of ether oxygens (including phenoxy) is 1. The van der Waals surface area contributed by atoms with Gasteiger partial charge in [-0.15, -0.1) is 0 Å². The van der Waals surface area contributed by atoms with Crippen molar-refractivity contribution in [1.82, 2.24) is 15.1 Å². The Kier molecular flexibility index (Phi) is 4.98. The van der Waals surface area contributed by atoms with Gasteiger partial charge in [0.1, 0.15) is 6.61 Å². The number of amides is 1. The minimum atomic E-state index is -0.553. The van der Waals surface area contributed by atoms with Gasteiger partial charge in [-0.1, -0.05) is 12.7 Å². The summed E-state index contributed by atoms with van der Waals surface area (Å²) in [5, 5.41) is 25.9. The van der Waals surface area contributed by atoms with Crippen LogP contribution in [0.5, 0.6) is 0 Å². The van der Waals surface area contributed by atoms with E-state index in [-0.39, 0.29) is 25.8 Å². The lowest BCUT2D eigenvalue weighted by molar-refractivity contribution is 0.102. The van der Waals surface area contributed by atoms with Gasteiger partial charge in [-0.3, -0.25) is 5.10 Å². The van der Waals surface area contributed by atoms with E-state index in [1.165, 1.54) is 11.0 Å². The maximum Gasteiger partial charge on any atom is 0.410 e. The van der Waals surface area contributed by atoms with Crippen molar-refractivity contribution in [2.24, 2.45) is 0 Å². The monoisotopic (exact) mass is 295 g/mol. The number of H-pyrrole nitrogens is 1. The molecule has 1 aromatic heterocycles. The molecule has 2 rings (SSSR count). The summed E-state index contributed by atoms with van der Waals surface area (Å²) in [5.74, 6) is 0. The number of aliphatic hydroxyl groups excluding tert-OH is 2. The first kappa shape index (κ1) is 15.5. The van der Waals surface area contributed by atoms with E-state index in [1.807, 2.05) is 6.92 Å². The molecule has 1 saturated heterocycles. The third kappa shape index (κ3) is 3.43. The molecule has 0 aliphatic carbocycles. The second kappa shape index (κ2) is 6.73. The van der Waals surface area contributed by atoms with Crippen molar-refractivity contribution in [2.45, 2.75) is 38.5 Å². The number of aromatic nitrogens is 2. The molecule has 1 aliphatic heterocycles. The van der Waals surface area contributed by atoms with Gasteiger partial charge in [-0.2, -0.15) is 5.10 Å². The molecule has 1 amide bonds. The molecule has 1 aromatic rings. The van der Waals surface area contributed by atoms with Gasteiger partial charge >= 0.3 is 6.09 Å². The lowest BCUT2D eigenvalue weighted by Crippen LogP contribution is -2.37. The average molecular weight is 295 g/mol. The average Bonchev–Trinajstić information content (AvgIpc) is 3.00. The molecule has 2 atom stereocenters. The molecule has 0 spiro atoms. The zero-order valence-electron chi connectivity index (χ0n) is 12.1. The molecule has 7 heteroatoms. The standard InChI is InChI=1S/C14H21N3O4/c1-3-4-21-14(20)17-7-11(19)5-10(17)6-12-9(2)13(8-18)16-15-12/h3,10-11,18-19H,1,4-8H2,2H3,(H,15,16)/t10-,11+/m0/s1. The number of carbonyl (C=O) groups is 1. The Hall–Kier alpha value is -1.86. The van der Waals surface area contributed by atoms with Crippen LogP contribution in [0.4, 0.5) is 4.79 Å². The Morgan fingerprint density at radius 3 is 3.05 bits per heavy atom. The van der Waals surface area contributed by atoms with Crippen LogP contribution in [0, 0.1) is 6.92 Å². The highest BCUT2D eigenvalue weighted by Gasteiger charge is 2.36. The van der Waals surface area contributed by atoms with Crippen LogP contribution in [0.2, 0.25) is 0 Å². The third-order valence-electron chi connectivity index (χ3n) is 3.75. The molecular formula is C14H21N3O4. The van der Waals surface area contributed by atoms with Crippen LogP contribution in [-0.2, 0) is 17.8 Å². The van der Waals surface area contributed by atoms with Gasteiger partial charge in [0.25, 0.3) is 0 Å². The molecular weight excluding hydrogens is 274 g/mol. The highest BCUT2D eigenvalue weighted by molar-refractivity contribution is 5.68. The van der Waals surface area contributed by atoms with E-state index < -0.39 is 12.2 Å². The summed E-state index contributed by atoms with van der Waals surface area (Å²) < 4.78 is 5.04. The fourth-order valence-corrected chi connectivity index (χ4v) is 2.57. The van der Waals surface area contributed by atoms with Crippen molar-refractivity contribution >= 4 is 6.09 Å². The third-order valence-corrected chi connectivity index (χ3v) is 3.75.